The van der Waals surface area contributed by atoms with Crippen LogP contribution in [0.5, 0.6) is 5.75 Å². The fourth-order valence-corrected chi connectivity index (χ4v) is 9.32. The number of benzene rings is 2. The van der Waals surface area contributed by atoms with Gasteiger partial charge in [-0.25, -0.2) is 0 Å². The zero-order valence-corrected chi connectivity index (χ0v) is 24.4. The van der Waals surface area contributed by atoms with Crippen LogP contribution in [0.2, 0.25) is 0 Å². The van der Waals surface area contributed by atoms with Crippen LogP contribution in [0, 0.1) is 11.8 Å². The quantitative estimate of drug-likeness (QED) is 0.406. The van der Waals surface area contributed by atoms with Crippen molar-refractivity contribution in [3.05, 3.63) is 60.2 Å². The van der Waals surface area contributed by atoms with Gasteiger partial charge in [0.05, 0.1) is 35.8 Å². The van der Waals surface area contributed by atoms with E-state index < -0.39 is 33.4 Å². The lowest BCUT2D eigenvalue weighted by atomic mass is 9.66. The van der Waals surface area contributed by atoms with Crippen molar-refractivity contribution in [3.8, 4) is 5.75 Å². The van der Waals surface area contributed by atoms with Gasteiger partial charge in [0.1, 0.15) is 11.8 Å². The van der Waals surface area contributed by atoms with Crippen LogP contribution < -0.4 is 15.4 Å². The molecule has 3 aliphatic heterocycles. The molecule has 2 bridgehead atoms. The van der Waals surface area contributed by atoms with Crippen LogP contribution in [0.1, 0.15) is 46.1 Å². The largest absolute Gasteiger partial charge is 0.494 e. The number of aliphatic hydroxyl groups is 1. The third-order valence-corrected chi connectivity index (χ3v) is 10.5. The van der Waals surface area contributed by atoms with E-state index in [9.17, 15) is 19.5 Å². The minimum Gasteiger partial charge on any atom is -0.494 e. The molecule has 2 aromatic rings. The number of likely N-dealkylation sites (tertiary alicyclic amines) is 1. The molecule has 3 aliphatic rings. The molecule has 2 unspecified atom stereocenters. The zero-order valence-electron chi connectivity index (χ0n) is 23.6. The fraction of sp³-hybridized carbons (Fsp3) is 0.516. The molecule has 2 aromatic carbocycles. The summed E-state index contributed by atoms with van der Waals surface area (Å²) in [6.45, 7) is 8.04. The first-order valence-electron chi connectivity index (χ1n) is 14.1. The molecule has 1 spiro atoms. The predicted molar refractivity (Wildman–Crippen MR) is 156 cm³/mol. The number of rotatable bonds is 10. The van der Waals surface area contributed by atoms with Gasteiger partial charge in [0, 0.05) is 16.5 Å². The highest BCUT2D eigenvalue weighted by Gasteiger charge is 2.77. The number of amides is 3. The van der Waals surface area contributed by atoms with Crippen LogP contribution in [-0.4, -0.2) is 68.6 Å². The van der Waals surface area contributed by atoms with Crippen molar-refractivity contribution in [2.24, 2.45) is 11.8 Å². The van der Waals surface area contributed by atoms with E-state index in [1.165, 1.54) is 0 Å². The Hall–Kier alpha value is -3.04. The molecule has 40 heavy (non-hydrogen) atoms. The van der Waals surface area contributed by atoms with Gasteiger partial charge >= 0.3 is 0 Å². The summed E-state index contributed by atoms with van der Waals surface area (Å²) in [5.74, 6) is -1.21. The predicted octanol–water partition coefficient (Wildman–Crippen LogP) is 3.63. The van der Waals surface area contributed by atoms with E-state index in [4.69, 9.17) is 4.74 Å². The molecular formula is C31H39N3O5S. The molecule has 0 aliphatic carbocycles. The molecule has 0 aromatic heterocycles. The molecule has 9 heteroatoms. The van der Waals surface area contributed by atoms with Gasteiger partial charge in [-0.05, 0) is 76.8 Å². The molecule has 8 nitrogen and oxygen atoms in total. The molecule has 3 fully saturated rings. The molecular weight excluding hydrogens is 526 g/mol. The normalized spacial score (nSPS) is 29.4. The highest BCUT2D eigenvalue weighted by molar-refractivity contribution is 8.02. The Bertz CT molecular complexity index is 1260. The van der Waals surface area contributed by atoms with Gasteiger partial charge in [0.25, 0.3) is 0 Å². The Kier molecular flexibility index (Phi) is 7.90. The number of anilines is 1. The third kappa shape index (κ3) is 4.87. The molecule has 3 amide bonds. The lowest BCUT2D eigenvalue weighted by Gasteiger charge is -2.37. The highest BCUT2D eigenvalue weighted by Crippen LogP contribution is 2.71. The number of hydrogen-bond acceptors (Lipinski definition) is 6. The van der Waals surface area contributed by atoms with Gasteiger partial charge in [0.15, 0.2) is 0 Å². The van der Waals surface area contributed by atoms with Gasteiger partial charge in [-0.15, -0.1) is 11.8 Å². The highest BCUT2D eigenvalue weighted by atomic mass is 32.2. The van der Waals surface area contributed by atoms with E-state index in [0.717, 1.165) is 17.7 Å². The van der Waals surface area contributed by atoms with Gasteiger partial charge in [-0.2, -0.15) is 0 Å². The Balaban J connectivity index is 1.49. The molecule has 3 saturated heterocycles. The minimum absolute atomic E-state index is 0.112. The number of carbonyl (C=O) groups is 3. The molecule has 0 saturated carbocycles. The van der Waals surface area contributed by atoms with Gasteiger partial charge in [-0.3, -0.25) is 14.4 Å². The van der Waals surface area contributed by atoms with Crippen LogP contribution in [0.15, 0.2) is 54.6 Å². The Labute approximate surface area is 240 Å². The minimum atomic E-state index is -0.775. The zero-order chi connectivity index (χ0) is 28.7. The Morgan fingerprint density at radius 1 is 1.10 bits per heavy atom. The van der Waals surface area contributed by atoms with Crippen LogP contribution in [0.3, 0.4) is 0 Å². The van der Waals surface area contributed by atoms with Crippen molar-refractivity contribution in [1.29, 1.82) is 0 Å². The maximum Gasteiger partial charge on any atom is 0.244 e. The Morgan fingerprint density at radius 2 is 1.80 bits per heavy atom. The summed E-state index contributed by atoms with van der Waals surface area (Å²) in [7, 11) is 0. The van der Waals surface area contributed by atoms with Crippen molar-refractivity contribution in [3.63, 3.8) is 0 Å². The number of hydrogen-bond donors (Lipinski definition) is 3. The van der Waals surface area contributed by atoms with Gasteiger partial charge in [0.2, 0.25) is 17.7 Å². The number of thioether (sulfide) groups is 1. The molecule has 3 N–H and O–H groups in total. The molecule has 6 atom stereocenters. The van der Waals surface area contributed by atoms with Crippen LogP contribution >= 0.6 is 11.8 Å². The van der Waals surface area contributed by atoms with Crippen LogP contribution in [-0.2, 0) is 20.8 Å². The second-order valence-electron chi connectivity index (χ2n) is 11.6. The van der Waals surface area contributed by atoms with E-state index in [-0.39, 0.29) is 30.4 Å². The fourth-order valence-electron chi connectivity index (χ4n) is 6.98. The topological polar surface area (TPSA) is 108 Å². The first-order chi connectivity index (χ1) is 19.1. The number of aliphatic hydroxyl groups excluding tert-OH is 1. The van der Waals surface area contributed by atoms with E-state index in [1.807, 2.05) is 63.2 Å². The number of ether oxygens (including phenoxy) is 1. The molecule has 0 radical (unpaired) electrons. The standard InChI is InChI=1S/C31H39N3O5S/c1-5-39-23-13-11-21(12-14-23)33-27(36)24-25-29(38)34(22(18-35)17-20-9-7-6-8-10-20)26(28(37)32-19(2)3)31(25)16-15-30(24,4)40-31/h6-14,19,22,24-26,35H,5,15-18H2,1-4H3,(H,32,37)(H,33,36)/t22-,24-,25+,26?,30+,31?/m1/s1. The van der Waals surface area contributed by atoms with E-state index >= 15 is 0 Å². The number of nitrogens with one attached hydrogen (secondary N) is 2. The second kappa shape index (κ2) is 11.1. The summed E-state index contributed by atoms with van der Waals surface area (Å²) >= 11 is 1.63. The Morgan fingerprint density at radius 3 is 2.42 bits per heavy atom. The van der Waals surface area contributed by atoms with Crippen LogP contribution in [0.4, 0.5) is 5.69 Å². The van der Waals surface area contributed by atoms with Gasteiger partial charge in [-0.1, -0.05) is 30.3 Å². The van der Waals surface area contributed by atoms with Crippen molar-refractivity contribution in [1.82, 2.24) is 10.2 Å². The average Bonchev–Trinajstić information content (AvgIpc) is 3.49. The molecule has 214 valence electrons. The maximum atomic E-state index is 14.4. The van der Waals surface area contributed by atoms with Gasteiger partial charge < -0.3 is 25.4 Å². The van der Waals surface area contributed by atoms with Crippen LogP contribution in [0.25, 0.3) is 0 Å². The summed E-state index contributed by atoms with van der Waals surface area (Å²) in [6.07, 6.45) is 1.81. The summed E-state index contributed by atoms with van der Waals surface area (Å²) < 4.78 is 4.30. The third-order valence-electron chi connectivity index (χ3n) is 8.53. The second-order valence-corrected chi connectivity index (χ2v) is 13.5. The van der Waals surface area contributed by atoms with E-state index in [2.05, 4.69) is 17.6 Å². The monoisotopic (exact) mass is 565 g/mol. The summed E-state index contributed by atoms with van der Waals surface area (Å²) in [5, 5.41) is 16.6. The van der Waals surface area contributed by atoms with Crippen molar-refractivity contribution < 1.29 is 24.2 Å². The van der Waals surface area contributed by atoms with Crippen molar-refractivity contribution in [2.45, 2.75) is 74.6 Å². The van der Waals surface area contributed by atoms with Crippen molar-refractivity contribution in [2.75, 3.05) is 18.5 Å². The van der Waals surface area contributed by atoms with E-state index in [0.29, 0.717) is 25.1 Å². The number of nitrogens with zero attached hydrogens (tertiary/aromatic N) is 1. The first kappa shape index (κ1) is 28.5. The lowest BCUT2D eigenvalue weighted by molar-refractivity contribution is -0.142. The summed E-state index contributed by atoms with van der Waals surface area (Å²) in [4.78, 5) is 43.8. The SMILES string of the molecule is CCOc1ccc(NC(=O)[C@H]2[C@H]3C(=O)N([C@@H](CO)Cc4ccccc4)C(C(=O)NC(C)C)C34CC[C@]2(C)S4)cc1. The molecule has 5 rings (SSSR count). The smallest absolute Gasteiger partial charge is 0.244 e. The first-order valence-corrected chi connectivity index (χ1v) is 15.0. The van der Waals surface area contributed by atoms with Crippen molar-refractivity contribution >= 4 is 35.2 Å². The average molecular weight is 566 g/mol. The maximum absolute atomic E-state index is 14.4. The number of carbonyl (C=O) groups excluding carboxylic acids is 3. The molecule has 3 heterocycles. The summed E-state index contributed by atoms with van der Waals surface area (Å²) in [5.41, 5.74) is 1.60. The number of fused-ring (bicyclic) bond motifs is 1. The lowest BCUT2D eigenvalue weighted by Crippen LogP contribution is -2.57. The summed E-state index contributed by atoms with van der Waals surface area (Å²) in [6, 6.07) is 15.4. The van der Waals surface area contributed by atoms with E-state index in [1.54, 1.807) is 28.8 Å².